The average molecular weight is 312 g/mol. The van der Waals surface area contributed by atoms with Gasteiger partial charge in [0, 0.05) is 11.8 Å². The quantitative estimate of drug-likeness (QED) is 0.762. The van der Waals surface area contributed by atoms with Gasteiger partial charge < -0.3 is 5.32 Å². The molecule has 0 atom stereocenters. The number of anilines is 2. The SMILES string of the molecule is N#Cc1ccnc(Nc2cc(C3CC3)cc(-c3ccccc3)n2)c1. The Balaban J connectivity index is 1.72. The highest BCUT2D eigenvalue weighted by Gasteiger charge is 2.24. The van der Waals surface area contributed by atoms with E-state index >= 15 is 0 Å². The fourth-order valence-electron chi connectivity index (χ4n) is 2.72. The third kappa shape index (κ3) is 3.11. The Morgan fingerprint density at radius 1 is 1.00 bits per heavy atom. The molecule has 0 radical (unpaired) electrons. The van der Waals surface area contributed by atoms with Crippen LogP contribution in [0.5, 0.6) is 0 Å². The molecule has 4 nitrogen and oxygen atoms in total. The largest absolute Gasteiger partial charge is 0.325 e. The van der Waals surface area contributed by atoms with Gasteiger partial charge in [-0.25, -0.2) is 9.97 Å². The molecule has 2 heterocycles. The number of nitrogens with one attached hydrogen (secondary N) is 1. The molecular weight excluding hydrogens is 296 g/mol. The molecule has 1 aliphatic rings. The Morgan fingerprint density at radius 2 is 1.83 bits per heavy atom. The summed E-state index contributed by atoms with van der Waals surface area (Å²) in [5.41, 5.74) is 3.94. The van der Waals surface area contributed by atoms with Gasteiger partial charge >= 0.3 is 0 Å². The molecule has 0 bridgehead atoms. The van der Waals surface area contributed by atoms with Crippen molar-refractivity contribution in [3.63, 3.8) is 0 Å². The highest BCUT2D eigenvalue weighted by Crippen LogP contribution is 2.41. The lowest BCUT2D eigenvalue weighted by Crippen LogP contribution is -1.99. The minimum Gasteiger partial charge on any atom is -0.325 e. The molecule has 4 rings (SSSR count). The van der Waals surface area contributed by atoms with Crippen molar-refractivity contribution in [2.75, 3.05) is 5.32 Å². The van der Waals surface area contributed by atoms with Gasteiger partial charge in [-0.2, -0.15) is 5.26 Å². The maximum atomic E-state index is 9.02. The van der Waals surface area contributed by atoms with Crippen LogP contribution >= 0.6 is 0 Å². The van der Waals surface area contributed by atoms with E-state index in [1.54, 1.807) is 18.3 Å². The zero-order valence-corrected chi connectivity index (χ0v) is 13.1. The molecule has 2 aromatic heterocycles. The fourth-order valence-corrected chi connectivity index (χ4v) is 2.72. The molecule has 0 aliphatic heterocycles. The molecule has 1 fully saturated rings. The van der Waals surface area contributed by atoms with Gasteiger partial charge in [0.25, 0.3) is 0 Å². The summed E-state index contributed by atoms with van der Waals surface area (Å²) >= 11 is 0. The van der Waals surface area contributed by atoms with E-state index in [0.717, 1.165) is 17.1 Å². The van der Waals surface area contributed by atoms with Crippen LogP contribution in [-0.2, 0) is 0 Å². The van der Waals surface area contributed by atoms with E-state index in [-0.39, 0.29) is 0 Å². The van der Waals surface area contributed by atoms with E-state index in [1.165, 1.54) is 18.4 Å². The molecule has 0 amide bonds. The number of benzene rings is 1. The number of hydrogen-bond donors (Lipinski definition) is 1. The summed E-state index contributed by atoms with van der Waals surface area (Å²) in [6.07, 6.45) is 4.10. The molecule has 1 saturated carbocycles. The second-order valence-electron chi connectivity index (χ2n) is 5.98. The topological polar surface area (TPSA) is 61.6 Å². The van der Waals surface area contributed by atoms with Crippen LogP contribution in [0.25, 0.3) is 11.3 Å². The number of pyridine rings is 2. The molecule has 1 N–H and O–H groups in total. The van der Waals surface area contributed by atoms with Gasteiger partial charge in [0.1, 0.15) is 11.6 Å². The number of nitrogens with zero attached hydrogens (tertiary/aromatic N) is 3. The van der Waals surface area contributed by atoms with Crippen molar-refractivity contribution in [2.45, 2.75) is 18.8 Å². The van der Waals surface area contributed by atoms with Crippen molar-refractivity contribution < 1.29 is 0 Å². The van der Waals surface area contributed by atoms with Crippen molar-refractivity contribution in [1.29, 1.82) is 5.26 Å². The first-order valence-corrected chi connectivity index (χ1v) is 8.02. The summed E-state index contributed by atoms with van der Waals surface area (Å²) in [4.78, 5) is 9.00. The Labute approximate surface area is 140 Å². The van der Waals surface area contributed by atoms with Crippen molar-refractivity contribution in [2.24, 2.45) is 0 Å². The van der Waals surface area contributed by atoms with Crippen LogP contribution in [0.4, 0.5) is 11.6 Å². The smallest absolute Gasteiger partial charge is 0.132 e. The maximum absolute atomic E-state index is 9.02. The molecule has 0 spiro atoms. The summed E-state index contributed by atoms with van der Waals surface area (Å²) < 4.78 is 0. The summed E-state index contributed by atoms with van der Waals surface area (Å²) in [7, 11) is 0. The van der Waals surface area contributed by atoms with Gasteiger partial charge in [0.05, 0.1) is 17.3 Å². The normalized spacial score (nSPS) is 13.3. The van der Waals surface area contributed by atoms with Gasteiger partial charge in [-0.3, -0.25) is 0 Å². The van der Waals surface area contributed by atoms with E-state index in [0.29, 0.717) is 17.3 Å². The van der Waals surface area contributed by atoms with Crippen LogP contribution in [0, 0.1) is 11.3 Å². The standard InChI is InChI=1S/C20H16N4/c21-13-14-8-9-22-19(10-14)24-20-12-17(15-6-7-15)11-18(23-20)16-4-2-1-3-5-16/h1-5,8-12,15H,6-7H2,(H,22,23,24). The van der Waals surface area contributed by atoms with E-state index in [2.05, 4.69) is 40.6 Å². The molecule has 3 aromatic rings. The molecule has 116 valence electrons. The van der Waals surface area contributed by atoms with Gasteiger partial charge in [-0.15, -0.1) is 0 Å². The zero-order valence-electron chi connectivity index (χ0n) is 13.1. The first-order chi connectivity index (χ1) is 11.8. The maximum Gasteiger partial charge on any atom is 0.132 e. The Kier molecular flexibility index (Phi) is 3.68. The summed E-state index contributed by atoms with van der Waals surface area (Å²) in [5, 5.41) is 12.3. The molecule has 1 aromatic carbocycles. The summed E-state index contributed by atoms with van der Waals surface area (Å²) in [5.74, 6) is 2.03. The first kappa shape index (κ1) is 14.4. The molecule has 1 aliphatic carbocycles. The van der Waals surface area contributed by atoms with Crippen molar-refractivity contribution >= 4 is 11.6 Å². The lowest BCUT2D eigenvalue weighted by Gasteiger charge is -2.10. The lowest BCUT2D eigenvalue weighted by atomic mass is 10.1. The molecular formula is C20H16N4. The first-order valence-electron chi connectivity index (χ1n) is 8.02. The van der Waals surface area contributed by atoms with Gasteiger partial charge in [-0.1, -0.05) is 30.3 Å². The van der Waals surface area contributed by atoms with E-state index in [4.69, 9.17) is 10.2 Å². The molecule has 0 unspecified atom stereocenters. The highest BCUT2D eigenvalue weighted by molar-refractivity contribution is 5.65. The Hall–Kier alpha value is -3.19. The number of nitriles is 1. The van der Waals surface area contributed by atoms with Crippen LogP contribution < -0.4 is 5.32 Å². The Morgan fingerprint density at radius 3 is 2.58 bits per heavy atom. The van der Waals surface area contributed by atoms with Gasteiger partial charge in [-0.05, 0) is 48.6 Å². The lowest BCUT2D eigenvalue weighted by molar-refractivity contribution is 1.11. The average Bonchev–Trinajstić information content (AvgIpc) is 3.47. The predicted octanol–water partition coefficient (Wildman–Crippen LogP) is 4.64. The third-order valence-electron chi connectivity index (χ3n) is 4.11. The van der Waals surface area contributed by atoms with Gasteiger partial charge in [0.2, 0.25) is 0 Å². The molecule has 4 heteroatoms. The minimum absolute atomic E-state index is 0.578. The van der Waals surface area contributed by atoms with Crippen LogP contribution in [0.3, 0.4) is 0 Å². The number of aromatic nitrogens is 2. The highest BCUT2D eigenvalue weighted by atomic mass is 15.1. The summed E-state index contributed by atoms with van der Waals surface area (Å²) in [6, 6.07) is 20.0. The van der Waals surface area contributed by atoms with Crippen LogP contribution in [0.1, 0.15) is 29.9 Å². The Bertz CT molecular complexity index is 908. The van der Waals surface area contributed by atoms with Crippen molar-refractivity contribution in [3.05, 3.63) is 71.9 Å². The van der Waals surface area contributed by atoms with Crippen molar-refractivity contribution in [1.82, 2.24) is 9.97 Å². The molecule has 24 heavy (non-hydrogen) atoms. The number of hydrogen-bond acceptors (Lipinski definition) is 4. The van der Waals surface area contributed by atoms with E-state index in [9.17, 15) is 0 Å². The van der Waals surface area contributed by atoms with Crippen LogP contribution in [-0.4, -0.2) is 9.97 Å². The van der Waals surface area contributed by atoms with Crippen molar-refractivity contribution in [3.8, 4) is 17.3 Å². The second-order valence-corrected chi connectivity index (χ2v) is 5.98. The minimum atomic E-state index is 0.578. The summed E-state index contributed by atoms with van der Waals surface area (Å²) in [6.45, 7) is 0. The second kappa shape index (κ2) is 6.13. The van der Waals surface area contributed by atoms with Gasteiger partial charge in [0.15, 0.2) is 0 Å². The molecule has 0 saturated heterocycles. The fraction of sp³-hybridized carbons (Fsp3) is 0.150. The predicted molar refractivity (Wildman–Crippen MR) is 93.9 cm³/mol. The number of rotatable bonds is 4. The van der Waals surface area contributed by atoms with E-state index < -0.39 is 0 Å². The van der Waals surface area contributed by atoms with E-state index in [1.807, 2.05) is 18.2 Å². The zero-order chi connectivity index (χ0) is 16.4. The monoisotopic (exact) mass is 312 g/mol. The third-order valence-corrected chi connectivity index (χ3v) is 4.11. The van der Waals surface area contributed by atoms with Crippen LogP contribution in [0.15, 0.2) is 60.8 Å². The van der Waals surface area contributed by atoms with Crippen LogP contribution in [0.2, 0.25) is 0 Å².